The number of halogens is 2. The molecule has 0 aliphatic carbocycles. The van der Waals surface area contributed by atoms with Crippen molar-refractivity contribution in [3.63, 3.8) is 0 Å². The largest absolute Gasteiger partial charge is 0.285 e. The minimum atomic E-state index is -0.223. The van der Waals surface area contributed by atoms with Crippen LogP contribution < -0.4 is 0 Å². The molecule has 0 spiro atoms. The van der Waals surface area contributed by atoms with Crippen LogP contribution >= 0.6 is 27.5 Å². The molecule has 0 atom stereocenters. The van der Waals surface area contributed by atoms with Gasteiger partial charge in [0.2, 0.25) is 5.78 Å². The Morgan fingerprint density at radius 2 is 2.11 bits per heavy atom. The first kappa shape index (κ1) is 13.2. The predicted molar refractivity (Wildman–Crippen MR) is 73.0 cm³/mol. The molecule has 0 saturated heterocycles. The van der Waals surface area contributed by atoms with Crippen LogP contribution in [0, 0.1) is 0 Å². The number of hydrogen-bond donors (Lipinski definition) is 0. The summed E-state index contributed by atoms with van der Waals surface area (Å²) in [6.45, 7) is 3.88. The van der Waals surface area contributed by atoms with Gasteiger partial charge in [-0.2, -0.15) is 5.10 Å². The molecule has 18 heavy (non-hydrogen) atoms. The zero-order chi connectivity index (χ0) is 13.3. The molecule has 2 aromatic rings. The SMILES string of the molecule is CC(C)n1ncc(Cl)c1C(=O)c1ccc(Br)cn1. The molecule has 0 fully saturated rings. The van der Waals surface area contributed by atoms with E-state index in [2.05, 4.69) is 26.0 Å². The number of aromatic nitrogens is 3. The van der Waals surface area contributed by atoms with E-state index in [1.807, 2.05) is 13.8 Å². The predicted octanol–water partition coefficient (Wildman–Crippen LogP) is 3.51. The maximum Gasteiger partial charge on any atom is 0.230 e. The van der Waals surface area contributed by atoms with Gasteiger partial charge in [-0.05, 0) is 41.9 Å². The Morgan fingerprint density at radius 1 is 1.39 bits per heavy atom. The quantitative estimate of drug-likeness (QED) is 0.810. The summed E-state index contributed by atoms with van der Waals surface area (Å²) in [6, 6.07) is 3.48. The molecule has 0 aromatic carbocycles. The van der Waals surface area contributed by atoms with E-state index in [-0.39, 0.29) is 11.8 Å². The average molecular weight is 329 g/mol. The summed E-state index contributed by atoms with van der Waals surface area (Å²) in [6.07, 6.45) is 3.06. The highest BCUT2D eigenvalue weighted by Gasteiger charge is 2.21. The van der Waals surface area contributed by atoms with E-state index in [9.17, 15) is 4.79 Å². The van der Waals surface area contributed by atoms with Gasteiger partial charge in [-0.1, -0.05) is 11.6 Å². The minimum absolute atomic E-state index is 0.0619. The van der Waals surface area contributed by atoms with Gasteiger partial charge in [-0.3, -0.25) is 14.5 Å². The Balaban J connectivity index is 2.45. The smallest absolute Gasteiger partial charge is 0.230 e. The molecule has 0 bridgehead atoms. The van der Waals surface area contributed by atoms with Crippen molar-refractivity contribution in [1.82, 2.24) is 14.8 Å². The van der Waals surface area contributed by atoms with E-state index in [0.717, 1.165) is 4.47 Å². The van der Waals surface area contributed by atoms with E-state index >= 15 is 0 Å². The zero-order valence-electron chi connectivity index (χ0n) is 9.89. The number of hydrogen-bond acceptors (Lipinski definition) is 3. The normalized spacial score (nSPS) is 10.9. The monoisotopic (exact) mass is 327 g/mol. The van der Waals surface area contributed by atoms with Crippen molar-refractivity contribution in [3.8, 4) is 0 Å². The van der Waals surface area contributed by atoms with Gasteiger partial charge in [0.25, 0.3) is 0 Å². The lowest BCUT2D eigenvalue weighted by Gasteiger charge is -2.10. The van der Waals surface area contributed by atoms with E-state index in [0.29, 0.717) is 16.4 Å². The molecule has 6 heteroatoms. The summed E-state index contributed by atoms with van der Waals surface area (Å²) in [7, 11) is 0. The van der Waals surface area contributed by atoms with Gasteiger partial charge in [-0.15, -0.1) is 0 Å². The molecular formula is C12H11BrClN3O. The highest BCUT2D eigenvalue weighted by molar-refractivity contribution is 9.10. The third-order valence-electron chi connectivity index (χ3n) is 2.42. The summed E-state index contributed by atoms with van der Waals surface area (Å²) >= 11 is 9.30. The lowest BCUT2D eigenvalue weighted by Crippen LogP contribution is -2.14. The second kappa shape index (κ2) is 5.20. The first-order valence-corrected chi connectivity index (χ1v) is 6.57. The summed E-state index contributed by atoms with van der Waals surface area (Å²) in [4.78, 5) is 16.4. The first-order chi connectivity index (χ1) is 8.50. The maximum absolute atomic E-state index is 12.3. The number of nitrogens with zero attached hydrogens (tertiary/aromatic N) is 3. The molecule has 0 saturated carbocycles. The summed E-state index contributed by atoms with van der Waals surface area (Å²) in [5.74, 6) is -0.223. The van der Waals surface area contributed by atoms with Crippen molar-refractivity contribution in [1.29, 1.82) is 0 Å². The molecule has 0 unspecified atom stereocenters. The van der Waals surface area contributed by atoms with Crippen LogP contribution in [0.2, 0.25) is 5.02 Å². The van der Waals surface area contributed by atoms with Crippen LogP contribution in [-0.4, -0.2) is 20.5 Å². The summed E-state index contributed by atoms with van der Waals surface area (Å²) in [5.41, 5.74) is 0.726. The Hall–Kier alpha value is -1.20. The van der Waals surface area contributed by atoms with Crippen LogP contribution in [0.5, 0.6) is 0 Å². The number of rotatable bonds is 3. The fourth-order valence-electron chi connectivity index (χ4n) is 1.58. The van der Waals surface area contributed by atoms with Gasteiger partial charge in [0.05, 0.1) is 11.2 Å². The van der Waals surface area contributed by atoms with Crippen LogP contribution in [0.3, 0.4) is 0 Å². The van der Waals surface area contributed by atoms with Crippen LogP contribution in [0.4, 0.5) is 0 Å². The van der Waals surface area contributed by atoms with Gasteiger partial charge in [0.1, 0.15) is 11.4 Å². The minimum Gasteiger partial charge on any atom is -0.285 e. The third kappa shape index (κ3) is 2.47. The van der Waals surface area contributed by atoms with Crippen molar-refractivity contribution in [2.24, 2.45) is 0 Å². The molecule has 0 radical (unpaired) electrons. The lowest BCUT2D eigenvalue weighted by atomic mass is 10.2. The molecule has 0 aliphatic heterocycles. The summed E-state index contributed by atoms with van der Waals surface area (Å²) in [5, 5.41) is 4.45. The molecule has 0 aliphatic rings. The van der Waals surface area contributed by atoms with Crippen molar-refractivity contribution in [2.45, 2.75) is 19.9 Å². The second-order valence-electron chi connectivity index (χ2n) is 4.07. The van der Waals surface area contributed by atoms with Crippen LogP contribution in [0.25, 0.3) is 0 Å². The lowest BCUT2D eigenvalue weighted by molar-refractivity contribution is 0.102. The summed E-state index contributed by atoms with van der Waals surface area (Å²) < 4.78 is 2.43. The fourth-order valence-corrected chi connectivity index (χ4v) is 2.03. The van der Waals surface area contributed by atoms with Gasteiger partial charge in [0, 0.05) is 16.7 Å². The second-order valence-corrected chi connectivity index (χ2v) is 5.39. The Kier molecular flexibility index (Phi) is 3.82. The van der Waals surface area contributed by atoms with Crippen molar-refractivity contribution in [2.75, 3.05) is 0 Å². The highest BCUT2D eigenvalue weighted by Crippen LogP contribution is 2.22. The molecule has 94 valence electrons. The van der Waals surface area contributed by atoms with E-state index < -0.39 is 0 Å². The Morgan fingerprint density at radius 3 is 2.67 bits per heavy atom. The van der Waals surface area contributed by atoms with E-state index in [1.54, 1.807) is 23.0 Å². The molecule has 4 nitrogen and oxygen atoms in total. The van der Waals surface area contributed by atoms with Crippen molar-refractivity contribution < 1.29 is 4.79 Å². The van der Waals surface area contributed by atoms with E-state index in [1.165, 1.54) is 6.20 Å². The maximum atomic E-state index is 12.3. The number of ketones is 1. The van der Waals surface area contributed by atoms with Crippen LogP contribution in [0.1, 0.15) is 36.1 Å². The Labute approximate surface area is 118 Å². The fraction of sp³-hybridized carbons (Fsp3) is 0.250. The Bertz CT molecular complexity index is 578. The van der Waals surface area contributed by atoms with Crippen molar-refractivity contribution in [3.05, 3.63) is 45.4 Å². The molecule has 2 heterocycles. The highest BCUT2D eigenvalue weighted by atomic mass is 79.9. The standard InChI is InChI=1S/C12H11BrClN3O/c1-7(2)17-11(9(14)6-16-17)12(18)10-4-3-8(13)5-15-10/h3-7H,1-2H3. The molecule has 2 aromatic heterocycles. The van der Waals surface area contributed by atoms with Gasteiger partial charge in [-0.25, -0.2) is 0 Å². The topological polar surface area (TPSA) is 47.8 Å². The van der Waals surface area contributed by atoms with Crippen LogP contribution in [-0.2, 0) is 0 Å². The first-order valence-electron chi connectivity index (χ1n) is 5.40. The molecule has 0 N–H and O–H groups in total. The van der Waals surface area contributed by atoms with E-state index in [4.69, 9.17) is 11.6 Å². The van der Waals surface area contributed by atoms with Gasteiger partial charge < -0.3 is 0 Å². The van der Waals surface area contributed by atoms with Gasteiger partial charge >= 0.3 is 0 Å². The van der Waals surface area contributed by atoms with Crippen molar-refractivity contribution >= 4 is 33.3 Å². The van der Waals surface area contributed by atoms with Gasteiger partial charge in [0.15, 0.2) is 0 Å². The number of pyridine rings is 1. The molecule has 0 amide bonds. The molecule has 2 rings (SSSR count). The molecular weight excluding hydrogens is 318 g/mol. The van der Waals surface area contributed by atoms with Crippen LogP contribution in [0.15, 0.2) is 29.0 Å². The average Bonchev–Trinajstić information content (AvgIpc) is 2.71. The zero-order valence-corrected chi connectivity index (χ0v) is 12.2. The third-order valence-corrected chi connectivity index (χ3v) is 3.16. The number of carbonyl (C=O) groups is 1. The number of carbonyl (C=O) groups excluding carboxylic acids is 1.